The number of aromatic nitrogens is 1. The van der Waals surface area contributed by atoms with Crippen molar-refractivity contribution in [2.45, 2.75) is 17.6 Å². The molecule has 7 heteroatoms. The highest BCUT2D eigenvalue weighted by atomic mass is 32.2. The molecule has 0 saturated carbocycles. The second-order valence-electron chi connectivity index (χ2n) is 5.39. The van der Waals surface area contributed by atoms with Crippen LogP contribution in [0.4, 0.5) is 15.2 Å². The quantitative estimate of drug-likeness (QED) is 0.540. The third-order valence-corrected chi connectivity index (χ3v) is 5.49. The molecule has 2 aromatic carbocycles. The average molecular weight is 388 g/mol. The van der Waals surface area contributed by atoms with Crippen molar-refractivity contribution in [3.05, 3.63) is 65.4 Å². The molecule has 0 radical (unpaired) electrons. The number of carbonyl (C=O) groups is 1. The van der Waals surface area contributed by atoms with Gasteiger partial charge in [-0.2, -0.15) is 0 Å². The molecule has 134 valence electrons. The molecule has 0 atom stereocenters. The van der Waals surface area contributed by atoms with Gasteiger partial charge in [0.25, 0.3) is 0 Å². The summed E-state index contributed by atoms with van der Waals surface area (Å²) in [5.41, 5.74) is 1.52. The van der Waals surface area contributed by atoms with Crippen LogP contribution in [0.3, 0.4) is 0 Å². The Hall–Kier alpha value is -2.38. The molecule has 1 amide bonds. The lowest BCUT2D eigenvalue weighted by molar-refractivity contribution is -0.115. The number of amides is 1. The second kappa shape index (κ2) is 8.33. The summed E-state index contributed by atoms with van der Waals surface area (Å²) in [6.07, 6.45) is 0. The number of para-hydroxylation sites is 2. The van der Waals surface area contributed by atoms with Gasteiger partial charge in [0.15, 0.2) is 5.13 Å². The number of methoxy groups -OCH3 is 1. The number of thioether (sulfide) groups is 1. The fourth-order valence-corrected chi connectivity index (χ4v) is 4.15. The van der Waals surface area contributed by atoms with E-state index in [9.17, 15) is 9.18 Å². The van der Waals surface area contributed by atoms with Crippen LogP contribution in [0.15, 0.2) is 58.8 Å². The number of ether oxygens (including phenoxy) is 1. The predicted octanol–water partition coefficient (Wildman–Crippen LogP) is 5.27. The van der Waals surface area contributed by atoms with Gasteiger partial charge in [0, 0.05) is 23.0 Å². The molecule has 0 spiro atoms. The Morgan fingerprint density at radius 2 is 1.96 bits per heavy atom. The summed E-state index contributed by atoms with van der Waals surface area (Å²) in [5, 5.41) is 2.52. The first-order valence-corrected chi connectivity index (χ1v) is 9.71. The number of hydrogen-bond acceptors (Lipinski definition) is 5. The molecule has 0 aliphatic heterocycles. The van der Waals surface area contributed by atoms with Crippen molar-refractivity contribution in [1.82, 2.24) is 4.98 Å². The van der Waals surface area contributed by atoms with E-state index in [1.54, 1.807) is 35.9 Å². The summed E-state index contributed by atoms with van der Waals surface area (Å²) in [7, 11) is 1.57. The molecule has 3 aromatic rings. The first-order chi connectivity index (χ1) is 12.6. The van der Waals surface area contributed by atoms with Gasteiger partial charge in [-0.15, -0.1) is 23.1 Å². The van der Waals surface area contributed by atoms with Gasteiger partial charge in [-0.25, -0.2) is 9.37 Å². The fraction of sp³-hybridized carbons (Fsp3) is 0.158. The van der Waals surface area contributed by atoms with Crippen molar-refractivity contribution >= 4 is 39.8 Å². The molecular formula is C19H17FN2O2S2. The highest BCUT2D eigenvalue weighted by Crippen LogP contribution is 2.36. The topological polar surface area (TPSA) is 42.4 Å². The van der Waals surface area contributed by atoms with Crippen LogP contribution < -0.4 is 9.64 Å². The minimum absolute atomic E-state index is 0.137. The maximum absolute atomic E-state index is 13.0. The molecule has 26 heavy (non-hydrogen) atoms. The molecule has 1 heterocycles. The van der Waals surface area contributed by atoms with E-state index in [1.165, 1.54) is 30.4 Å². The van der Waals surface area contributed by atoms with Crippen molar-refractivity contribution in [2.24, 2.45) is 0 Å². The fourth-order valence-electron chi connectivity index (χ4n) is 2.38. The van der Waals surface area contributed by atoms with Crippen molar-refractivity contribution < 1.29 is 13.9 Å². The molecule has 0 N–H and O–H groups in total. The Labute approximate surface area is 159 Å². The van der Waals surface area contributed by atoms with E-state index < -0.39 is 0 Å². The summed E-state index contributed by atoms with van der Waals surface area (Å²) in [6.45, 7) is 1.50. The third-order valence-electron chi connectivity index (χ3n) is 3.57. The number of benzene rings is 2. The zero-order chi connectivity index (χ0) is 18.5. The van der Waals surface area contributed by atoms with Crippen LogP contribution in [0, 0.1) is 5.82 Å². The third kappa shape index (κ3) is 4.23. The number of nitrogens with zero attached hydrogens (tertiary/aromatic N) is 2. The lowest BCUT2D eigenvalue weighted by Gasteiger charge is -2.20. The summed E-state index contributed by atoms with van der Waals surface area (Å²) in [5.74, 6) is 0.862. The molecule has 0 aliphatic carbocycles. The van der Waals surface area contributed by atoms with Crippen LogP contribution in [0.1, 0.15) is 12.6 Å². The minimum Gasteiger partial charge on any atom is -0.495 e. The molecule has 4 nitrogen and oxygen atoms in total. The maximum Gasteiger partial charge on any atom is 0.230 e. The Morgan fingerprint density at radius 3 is 2.65 bits per heavy atom. The zero-order valence-electron chi connectivity index (χ0n) is 14.3. The number of halogens is 1. The largest absolute Gasteiger partial charge is 0.495 e. The molecular weight excluding hydrogens is 371 g/mol. The van der Waals surface area contributed by atoms with Gasteiger partial charge in [0.05, 0.1) is 18.5 Å². The van der Waals surface area contributed by atoms with E-state index in [0.29, 0.717) is 22.3 Å². The Balaban J connectivity index is 1.79. The molecule has 1 aromatic heterocycles. The van der Waals surface area contributed by atoms with E-state index in [-0.39, 0.29) is 11.7 Å². The van der Waals surface area contributed by atoms with Gasteiger partial charge in [0.1, 0.15) is 11.6 Å². The summed E-state index contributed by atoms with van der Waals surface area (Å²) >= 11 is 2.97. The number of carbonyl (C=O) groups excluding carboxylic acids is 1. The number of thiazole rings is 1. The lowest BCUT2D eigenvalue weighted by atomic mass is 10.2. The normalized spacial score (nSPS) is 10.6. The molecule has 0 unspecified atom stereocenters. The molecule has 3 rings (SSSR count). The monoisotopic (exact) mass is 388 g/mol. The van der Waals surface area contributed by atoms with E-state index in [2.05, 4.69) is 4.98 Å². The molecule has 0 aliphatic rings. The van der Waals surface area contributed by atoms with Crippen LogP contribution >= 0.6 is 23.1 Å². The lowest BCUT2D eigenvalue weighted by Crippen LogP contribution is -2.23. The Kier molecular flexibility index (Phi) is 5.90. The zero-order valence-corrected chi connectivity index (χ0v) is 15.9. The molecule has 0 bridgehead atoms. The van der Waals surface area contributed by atoms with Crippen molar-refractivity contribution in [1.29, 1.82) is 0 Å². The number of hydrogen-bond donors (Lipinski definition) is 0. The van der Waals surface area contributed by atoms with Gasteiger partial charge in [-0.3, -0.25) is 9.69 Å². The highest BCUT2D eigenvalue weighted by molar-refractivity contribution is 7.98. The summed E-state index contributed by atoms with van der Waals surface area (Å²) < 4.78 is 18.3. The van der Waals surface area contributed by atoms with Gasteiger partial charge < -0.3 is 4.74 Å². The van der Waals surface area contributed by atoms with E-state index in [0.717, 1.165) is 10.6 Å². The standard InChI is InChI=1S/C19H17FN2O2S2/c1-13(23)22(17-5-3-4-6-18(17)24-2)19-21-15(12-26-19)11-25-16-9-7-14(20)8-10-16/h3-10,12H,11H2,1-2H3. The average Bonchev–Trinajstić information content (AvgIpc) is 3.10. The van der Waals surface area contributed by atoms with Crippen LogP contribution in [0.5, 0.6) is 5.75 Å². The maximum atomic E-state index is 13.0. The molecule has 0 fully saturated rings. The molecule has 0 saturated heterocycles. The summed E-state index contributed by atoms with van der Waals surface area (Å²) in [6, 6.07) is 13.7. The SMILES string of the molecule is COc1ccccc1N(C(C)=O)c1nc(CSc2ccc(F)cc2)cs1. The van der Waals surface area contributed by atoms with Crippen LogP contribution in [-0.4, -0.2) is 18.0 Å². The Morgan fingerprint density at radius 1 is 1.23 bits per heavy atom. The summed E-state index contributed by atoms with van der Waals surface area (Å²) in [4.78, 5) is 19.3. The Bertz CT molecular complexity index is 897. The predicted molar refractivity (Wildman–Crippen MR) is 104 cm³/mol. The van der Waals surface area contributed by atoms with Crippen LogP contribution in [0.2, 0.25) is 0 Å². The van der Waals surface area contributed by atoms with Crippen molar-refractivity contribution in [3.63, 3.8) is 0 Å². The minimum atomic E-state index is -0.251. The highest BCUT2D eigenvalue weighted by Gasteiger charge is 2.21. The van der Waals surface area contributed by atoms with Crippen molar-refractivity contribution in [2.75, 3.05) is 12.0 Å². The van der Waals surface area contributed by atoms with Gasteiger partial charge in [0.2, 0.25) is 5.91 Å². The van der Waals surface area contributed by atoms with E-state index >= 15 is 0 Å². The van der Waals surface area contributed by atoms with Crippen molar-refractivity contribution in [3.8, 4) is 5.75 Å². The number of rotatable bonds is 6. The van der Waals surface area contributed by atoms with Crippen LogP contribution in [0.25, 0.3) is 0 Å². The van der Waals surface area contributed by atoms with Gasteiger partial charge >= 0.3 is 0 Å². The van der Waals surface area contributed by atoms with Crippen LogP contribution in [-0.2, 0) is 10.5 Å². The second-order valence-corrected chi connectivity index (χ2v) is 7.28. The van der Waals surface area contributed by atoms with E-state index in [4.69, 9.17) is 4.74 Å². The first-order valence-electron chi connectivity index (χ1n) is 7.85. The van der Waals surface area contributed by atoms with Gasteiger partial charge in [-0.1, -0.05) is 12.1 Å². The smallest absolute Gasteiger partial charge is 0.230 e. The van der Waals surface area contributed by atoms with Gasteiger partial charge in [-0.05, 0) is 36.4 Å². The van der Waals surface area contributed by atoms with E-state index in [1.807, 2.05) is 29.6 Å². The number of anilines is 2. The first kappa shape index (κ1) is 18.4.